The Hall–Kier alpha value is -1.92. The van der Waals surface area contributed by atoms with Gasteiger partial charge in [-0.1, -0.05) is 29.8 Å². The molecule has 0 unspecified atom stereocenters. The zero-order chi connectivity index (χ0) is 16.3. The molecule has 0 radical (unpaired) electrons. The first-order valence-electron chi connectivity index (χ1n) is 7.73. The number of sulfonamides is 1. The monoisotopic (exact) mass is 331 g/mol. The van der Waals surface area contributed by atoms with Gasteiger partial charge in [-0.3, -0.25) is 4.98 Å². The zero-order valence-corrected chi connectivity index (χ0v) is 14.0. The first kappa shape index (κ1) is 16.0. The lowest BCUT2D eigenvalue weighted by Gasteiger charge is -2.35. The summed E-state index contributed by atoms with van der Waals surface area (Å²) < 4.78 is 26.8. The fourth-order valence-electron chi connectivity index (χ4n) is 2.77. The quantitative estimate of drug-likeness (QED) is 0.860. The van der Waals surface area contributed by atoms with E-state index >= 15 is 0 Å². The van der Waals surface area contributed by atoms with Crippen molar-refractivity contribution in [2.24, 2.45) is 0 Å². The van der Waals surface area contributed by atoms with Crippen molar-refractivity contribution in [3.8, 4) is 0 Å². The number of anilines is 1. The molecular weight excluding hydrogens is 310 g/mol. The van der Waals surface area contributed by atoms with E-state index in [1.165, 1.54) is 0 Å². The van der Waals surface area contributed by atoms with Gasteiger partial charge in [0.15, 0.2) is 0 Å². The molecule has 1 aliphatic heterocycles. The molecule has 3 rings (SSSR count). The summed E-state index contributed by atoms with van der Waals surface area (Å²) in [6.07, 6.45) is 3.52. The number of hydrogen-bond donors (Lipinski definition) is 0. The number of nitrogens with zero attached hydrogens (tertiary/aromatic N) is 3. The summed E-state index contributed by atoms with van der Waals surface area (Å²) >= 11 is 0. The van der Waals surface area contributed by atoms with E-state index in [9.17, 15) is 8.42 Å². The molecule has 6 heteroatoms. The Bertz CT molecular complexity index is 737. The average Bonchev–Trinajstić information content (AvgIpc) is 2.58. The molecular formula is C17H21N3O2S. The largest absolute Gasteiger partial charge is 0.369 e. The van der Waals surface area contributed by atoms with E-state index in [4.69, 9.17) is 0 Å². The first-order chi connectivity index (χ1) is 11.0. The summed E-state index contributed by atoms with van der Waals surface area (Å²) in [6.45, 7) is 4.46. The lowest BCUT2D eigenvalue weighted by atomic mass is 10.2. The van der Waals surface area contributed by atoms with Gasteiger partial charge >= 0.3 is 0 Å². The molecule has 23 heavy (non-hydrogen) atoms. The highest BCUT2D eigenvalue weighted by atomic mass is 32.2. The molecule has 122 valence electrons. The van der Waals surface area contributed by atoms with E-state index in [1.807, 2.05) is 43.3 Å². The second kappa shape index (κ2) is 6.68. The van der Waals surface area contributed by atoms with Gasteiger partial charge in [-0.2, -0.15) is 4.31 Å². The van der Waals surface area contributed by atoms with Gasteiger partial charge in [-0.15, -0.1) is 0 Å². The molecule has 0 bridgehead atoms. The normalized spacial score (nSPS) is 16.5. The van der Waals surface area contributed by atoms with Gasteiger partial charge in [0, 0.05) is 44.3 Å². The van der Waals surface area contributed by atoms with Crippen molar-refractivity contribution in [1.82, 2.24) is 9.29 Å². The molecule has 1 fully saturated rings. The third-order valence-corrected chi connectivity index (χ3v) is 5.98. The molecule has 1 aliphatic rings. The third-order valence-electron chi connectivity index (χ3n) is 4.13. The van der Waals surface area contributed by atoms with Crippen LogP contribution >= 0.6 is 0 Å². The highest BCUT2D eigenvalue weighted by molar-refractivity contribution is 7.88. The Morgan fingerprint density at radius 3 is 2.17 bits per heavy atom. The Balaban J connectivity index is 1.63. The third kappa shape index (κ3) is 3.89. The predicted octanol–water partition coefficient (Wildman–Crippen LogP) is 2.04. The number of aryl methyl sites for hydroxylation is 1. The van der Waals surface area contributed by atoms with E-state index < -0.39 is 10.0 Å². The van der Waals surface area contributed by atoms with Crippen molar-refractivity contribution in [3.63, 3.8) is 0 Å². The van der Waals surface area contributed by atoms with Crippen LogP contribution in [0.4, 0.5) is 5.69 Å². The number of hydrogen-bond acceptors (Lipinski definition) is 4. The maximum atomic E-state index is 12.6. The van der Waals surface area contributed by atoms with Crippen molar-refractivity contribution in [1.29, 1.82) is 0 Å². The molecule has 0 amide bonds. The van der Waals surface area contributed by atoms with E-state index in [1.54, 1.807) is 16.7 Å². The molecule has 1 saturated heterocycles. The van der Waals surface area contributed by atoms with Gasteiger partial charge in [0.1, 0.15) is 0 Å². The van der Waals surface area contributed by atoms with Crippen molar-refractivity contribution in [3.05, 3.63) is 59.9 Å². The predicted molar refractivity (Wildman–Crippen MR) is 91.8 cm³/mol. The fourth-order valence-corrected chi connectivity index (χ4v) is 4.28. The molecule has 1 aromatic heterocycles. The van der Waals surface area contributed by atoms with Gasteiger partial charge in [0.25, 0.3) is 0 Å². The Kier molecular flexibility index (Phi) is 4.63. The lowest BCUT2D eigenvalue weighted by molar-refractivity contribution is 0.384. The lowest BCUT2D eigenvalue weighted by Crippen LogP contribution is -2.49. The van der Waals surface area contributed by atoms with Crippen molar-refractivity contribution >= 4 is 15.7 Å². The maximum Gasteiger partial charge on any atom is 0.218 e. The fraction of sp³-hybridized carbons (Fsp3) is 0.353. The summed E-state index contributed by atoms with van der Waals surface area (Å²) in [5, 5.41) is 0. The van der Waals surface area contributed by atoms with Crippen LogP contribution in [-0.4, -0.2) is 43.9 Å². The highest BCUT2D eigenvalue weighted by Crippen LogP contribution is 2.18. The summed E-state index contributed by atoms with van der Waals surface area (Å²) in [5.74, 6) is 0.0720. The highest BCUT2D eigenvalue weighted by Gasteiger charge is 2.27. The van der Waals surface area contributed by atoms with E-state index in [0.717, 1.165) is 16.8 Å². The topological polar surface area (TPSA) is 53.5 Å². The first-order valence-corrected chi connectivity index (χ1v) is 9.34. The molecule has 0 atom stereocenters. The van der Waals surface area contributed by atoms with Crippen LogP contribution in [0.2, 0.25) is 0 Å². The summed E-state index contributed by atoms with van der Waals surface area (Å²) in [4.78, 5) is 6.21. The van der Waals surface area contributed by atoms with Crippen LogP contribution in [0.3, 0.4) is 0 Å². The van der Waals surface area contributed by atoms with Crippen LogP contribution in [0.15, 0.2) is 48.8 Å². The molecule has 2 heterocycles. The van der Waals surface area contributed by atoms with Crippen LogP contribution in [0, 0.1) is 6.92 Å². The minimum atomic E-state index is -3.26. The molecule has 0 N–H and O–H groups in total. The molecule has 0 saturated carbocycles. The van der Waals surface area contributed by atoms with E-state index in [-0.39, 0.29) is 5.75 Å². The van der Waals surface area contributed by atoms with Crippen molar-refractivity contribution in [2.45, 2.75) is 12.7 Å². The number of piperazine rings is 1. The number of aromatic nitrogens is 1. The molecule has 2 aromatic rings. The second-order valence-corrected chi connectivity index (χ2v) is 7.80. The standard InChI is InChI=1S/C17H21N3O2S/c1-15-2-4-16(5-3-15)14-23(21,22)20-12-10-19(11-13-20)17-6-8-18-9-7-17/h2-9H,10-14H2,1H3. The van der Waals surface area contributed by atoms with Gasteiger partial charge in [0.05, 0.1) is 5.75 Å². The van der Waals surface area contributed by atoms with E-state index in [2.05, 4.69) is 9.88 Å². The van der Waals surface area contributed by atoms with Crippen molar-refractivity contribution in [2.75, 3.05) is 31.1 Å². The summed E-state index contributed by atoms with van der Waals surface area (Å²) in [6, 6.07) is 11.6. The van der Waals surface area contributed by atoms with Gasteiger partial charge in [-0.05, 0) is 24.6 Å². The van der Waals surface area contributed by atoms with Crippen molar-refractivity contribution < 1.29 is 8.42 Å². The van der Waals surface area contributed by atoms with E-state index in [0.29, 0.717) is 26.2 Å². The van der Waals surface area contributed by atoms with Gasteiger partial charge in [-0.25, -0.2) is 8.42 Å². The number of benzene rings is 1. The molecule has 0 aliphatic carbocycles. The number of pyridine rings is 1. The average molecular weight is 331 g/mol. The van der Waals surface area contributed by atoms with Crippen LogP contribution in [0.1, 0.15) is 11.1 Å². The van der Waals surface area contributed by atoms with Crippen LogP contribution in [-0.2, 0) is 15.8 Å². The second-order valence-electron chi connectivity index (χ2n) is 5.83. The minimum Gasteiger partial charge on any atom is -0.369 e. The van der Waals surface area contributed by atoms with Gasteiger partial charge in [0.2, 0.25) is 10.0 Å². The molecule has 1 aromatic carbocycles. The molecule has 5 nitrogen and oxygen atoms in total. The number of rotatable bonds is 4. The summed E-state index contributed by atoms with van der Waals surface area (Å²) in [5.41, 5.74) is 3.07. The smallest absolute Gasteiger partial charge is 0.218 e. The Labute approximate surface area is 137 Å². The van der Waals surface area contributed by atoms with Crippen LogP contribution in [0.25, 0.3) is 0 Å². The zero-order valence-electron chi connectivity index (χ0n) is 13.2. The van der Waals surface area contributed by atoms with Gasteiger partial charge < -0.3 is 4.90 Å². The minimum absolute atomic E-state index is 0.0720. The summed E-state index contributed by atoms with van der Waals surface area (Å²) in [7, 11) is -3.26. The SMILES string of the molecule is Cc1ccc(CS(=O)(=O)N2CCN(c3ccncc3)CC2)cc1. The molecule has 0 spiro atoms. The Morgan fingerprint density at radius 2 is 1.57 bits per heavy atom. The maximum absolute atomic E-state index is 12.6. The van der Waals surface area contributed by atoms with Crippen LogP contribution < -0.4 is 4.90 Å². The van der Waals surface area contributed by atoms with Crippen LogP contribution in [0.5, 0.6) is 0 Å². The Morgan fingerprint density at radius 1 is 0.957 bits per heavy atom.